The molecule has 2 rings (SSSR count). The van der Waals surface area contributed by atoms with E-state index in [4.69, 9.17) is 5.11 Å². The number of hydrogen-bond donors (Lipinski definition) is 2. The summed E-state index contributed by atoms with van der Waals surface area (Å²) in [6, 6.07) is 0. The Balaban J connectivity index is 1.89. The van der Waals surface area contributed by atoms with Gasteiger partial charge in [0.05, 0.1) is 5.92 Å². The maximum absolute atomic E-state index is 12.3. The Hall–Kier alpha value is -0.660. The molecule has 0 bridgehead atoms. The maximum atomic E-state index is 12.3. The molecule has 1 aliphatic heterocycles. The number of rotatable bonds is 6. The van der Waals surface area contributed by atoms with E-state index < -0.39 is 22.1 Å². The highest BCUT2D eigenvalue weighted by Crippen LogP contribution is 2.40. The summed E-state index contributed by atoms with van der Waals surface area (Å²) in [5, 5.41) is 8.96. The molecule has 7 heteroatoms. The Morgan fingerprint density at radius 2 is 1.86 bits per heavy atom. The maximum Gasteiger partial charge on any atom is 0.306 e. The second-order valence-corrected chi connectivity index (χ2v) is 8.15. The SMILES string of the molecule is CCC1(CNS(=O)(=O)N2CCC(C(=O)O)CC2)CCCC1. The molecule has 6 nitrogen and oxygen atoms in total. The highest BCUT2D eigenvalue weighted by molar-refractivity contribution is 7.87. The normalized spacial score (nSPS) is 24.2. The van der Waals surface area contributed by atoms with Gasteiger partial charge in [0.2, 0.25) is 0 Å². The standard InChI is InChI=1S/C14H26N2O4S/c1-2-14(7-3-4-8-14)11-15-21(19,20)16-9-5-12(6-10-16)13(17)18/h12,15H,2-11H2,1H3,(H,17,18). The van der Waals surface area contributed by atoms with E-state index >= 15 is 0 Å². The van der Waals surface area contributed by atoms with Crippen LogP contribution in [0.3, 0.4) is 0 Å². The van der Waals surface area contributed by atoms with Gasteiger partial charge in [-0.15, -0.1) is 0 Å². The van der Waals surface area contributed by atoms with Gasteiger partial charge in [-0.3, -0.25) is 4.79 Å². The van der Waals surface area contributed by atoms with Gasteiger partial charge in [-0.25, -0.2) is 4.72 Å². The number of nitrogens with zero attached hydrogens (tertiary/aromatic N) is 1. The van der Waals surface area contributed by atoms with Gasteiger partial charge >= 0.3 is 5.97 Å². The Morgan fingerprint density at radius 1 is 1.29 bits per heavy atom. The number of carboxylic acids is 1. The average molecular weight is 318 g/mol. The molecule has 2 N–H and O–H groups in total. The fourth-order valence-electron chi connectivity index (χ4n) is 3.46. The van der Waals surface area contributed by atoms with Crippen molar-refractivity contribution in [1.82, 2.24) is 9.03 Å². The first-order valence-electron chi connectivity index (χ1n) is 7.86. The summed E-state index contributed by atoms with van der Waals surface area (Å²) in [5.41, 5.74) is 0.118. The molecule has 1 saturated heterocycles. The summed E-state index contributed by atoms with van der Waals surface area (Å²) in [5.74, 6) is -1.23. The smallest absolute Gasteiger partial charge is 0.306 e. The minimum absolute atomic E-state index is 0.118. The third kappa shape index (κ3) is 3.96. The molecule has 0 amide bonds. The minimum atomic E-state index is -3.48. The highest BCUT2D eigenvalue weighted by Gasteiger charge is 2.35. The van der Waals surface area contributed by atoms with Crippen molar-refractivity contribution in [3.8, 4) is 0 Å². The zero-order valence-corrected chi connectivity index (χ0v) is 13.5. The molecule has 1 heterocycles. The summed E-state index contributed by atoms with van der Waals surface area (Å²) in [6.45, 7) is 3.22. The minimum Gasteiger partial charge on any atom is -0.481 e. The number of piperidine rings is 1. The summed E-state index contributed by atoms with van der Waals surface area (Å²) in [4.78, 5) is 10.9. The van der Waals surface area contributed by atoms with Crippen LogP contribution in [-0.2, 0) is 15.0 Å². The van der Waals surface area contributed by atoms with E-state index in [2.05, 4.69) is 11.6 Å². The zero-order chi connectivity index (χ0) is 15.5. The Morgan fingerprint density at radius 3 is 2.33 bits per heavy atom. The van der Waals surface area contributed by atoms with Gasteiger partial charge in [0.15, 0.2) is 0 Å². The quantitative estimate of drug-likeness (QED) is 0.778. The molecule has 122 valence electrons. The van der Waals surface area contributed by atoms with E-state index in [0.29, 0.717) is 32.5 Å². The summed E-state index contributed by atoms with van der Waals surface area (Å²) in [6.07, 6.45) is 6.33. The first-order chi connectivity index (χ1) is 9.88. The molecular weight excluding hydrogens is 292 g/mol. The first-order valence-corrected chi connectivity index (χ1v) is 9.30. The Labute approximate surface area is 127 Å². The second kappa shape index (κ2) is 6.62. The van der Waals surface area contributed by atoms with Crippen LogP contribution in [-0.4, -0.2) is 43.4 Å². The van der Waals surface area contributed by atoms with Gasteiger partial charge in [-0.2, -0.15) is 12.7 Å². The predicted molar refractivity (Wildman–Crippen MR) is 80.0 cm³/mol. The summed E-state index contributed by atoms with van der Waals surface area (Å²) < 4.78 is 28.8. The van der Waals surface area contributed by atoms with Crippen LogP contribution < -0.4 is 4.72 Å². The van der Waals surface area contributed by atoms with Crippen molar-refractivity contribution >= 4 is 16.2 Å². The number of hydrogen-bond acceptors (Lipinski definition) is 3. The molecule has 1 saturated carbocycles. The first kappa shape index (κ1) is 16.7. The van der Waals surface area contributed by atoms with Crippen molar-refractivity contribution in [2.45, 2.75) is 51.9 Å². The van der Waals surface area contributed by atoms with Crippen LogP contribution in [0.25, 0.3) is 0 Å². The van der Waals surface area contributed by atoms with E-state index in [0.717, 1.165) is 19.3 Å². The molecule has 0 atom stereocenters. The largest absolute Gasteiger partial charge is 0.481 e. The highest BCUT2D eigenvalue weighted by atomic mass is 32.2. The lowest BCUT2D eigenvalue weighted by Gasteiger charge is -2.32. The van der Waals surface area contributed by atoms with Crippen molar-refractivity contribution in [3.05, 3.63) is 0 Å². The topological polar surface area (TPSA) is 86.7 Å². The van der Waals surface area contributed by atoms with Crippen LogP contribution in [0, 0.1) is 11.3 Å². The fourth-order valence-corrected chi connectivity index (χ4v) is 4.82. The Bertz CT molecular complexity index is 463. The molecule has 0 spiro atoms. The van der Waals surface area contributed by atoms with Gasteiger partial charge in [-0.1, -0.05) is 19.8 Å². The van der Waals surface area contributed by atoms with Gasteiger partial charge < -0.3 is 5.11 Å². The summed E-state index contributed by atoms with van der Waals surface area (Å²) in [7, 11) is -3.48. The molecule has 1 aliphatic carbocycles. The van der Waals surface area contributed by atoms with E-state index in [1.165, 1.54) is 17.1 Å². The number of carbonyl (C=O) groups is 1. The van der Waals surface area contributed by atoms with Crippen molar-refractivity contribution < 1.29 is 18.3 Å². The fraction of sp³-hybridized carbons (Fsp3) is 0.929. The number of carboxylic acid groups (broad SMARTS) is 1. The van der Waals surface area contributed by atoms with Crippen LogP contribution in [0.15, 0.2) is 0 Å². The molecule has 0 unspecified atom stereocenters. The molecule has 0 radical (unpaired) electrons. The van der Waals surface area contributed by atoms with Gasteiger partial charge in [0, 0.05) is 19.6 Å². The van der Waals surface area contributed by atoms with E-state index in [1.54, 1.807) is 0 Å². The van der Waals surface area contributed by atoms with Crippen LogP contribution >= 0.6 is 0 Å². The number of aliphatic carboxylic acids is 1. The van der Waals surface area contributed by atoms with Crippen molar-refractivity contribution in [2.75, 3.05) is 19.6 Å². The molecule has 2 fully saturated rings. The lowest BCUT2D eigenvalue weighted by atomic mass is 9.84. The molecule has 21 heavy (non-hydrogen) atoms. The van der Waals surface area contributed by atoms with Gasteiger partial charge in [0.1, 0.15) is 0 Å². The summed E-state index contributed by atoms with van der Waals surface area (Å²) >= 11 is 0. The zero-order valence-electron chi connectivity index (χ0n) is 12.7. The molecular formula is C14H26N2O4S. The van der Waals surface area contributed by atoms with Gasteiger partial charge in [-0.05, 0) is 37.5 Å². The number of nitrogens with one attached hydrogen (secondary N) is 1. The predicted octanol–water partition coefficient (Wildman–Crippen LogP) is 1.59. The Kier molecular flexibility index (Phi) is 5.27. The van der Waals surface area contributed by atoms with Crippen molar-refractivity contribution in [1.29, 1.82) is 0 Å². The molecule has 0 aromatic rings. The van der Waals surface area contributed by atoms with Crippen LogP contribution in [0.4, 0.5) is 0 Å². The van der Waals surface area contributed by atoms with Crippen LogP contribution in [0.2, 0.25) is 0 Å². The van der Waals surface area contributed by atoms with Crippen LogP contribution in [0.1, 0.15) is 51.9 Å². The monoisotopic (exact) mass is 318 g/mol. The third-order valence-corrected chi connectivity index (χ3v) is 6.74. The van der Waals surface area contributed by atoms with E-state index in [-0.39, 0.29) is 5.41 Å². The van der Waals surface area contributed by atoms with E-state index in [1.807, 2.05) is 0 Å². The lowest BCUT2D eigenvalue weighted by Crippen LogP contribution is -2.48. The van der Waals surface area contributed by atoms with Crippen molar-refractivity contribution in [3.63, 3.8) is 0 Å². The van der Waals surface area contributed by atoms with E-state index in [9.17, 15) is 13.2 Å². The van der Waals surface area contributed by atoms with Crippen molar-refractivity contribution in [2.24, 2.45) is 11.3 Å². The average Bonchev–Trinajstić information content (AvgIpc) is 2.95. The lowest BCUT2D eigenvalue weighted by molar-refractivity contribution is -0.142. The molecule has 2 aliphatic rings. The molecule has 0 aromatic carbocycles. The molecule has 0 aromatic heterocycles. The van der Waals surface area contributed by atoms with Crippen LogP contribution in [0.5, 0.6) is 0 Å². The third-order valence-electron chi connectivity index (χ3n) is 5.19. The van der Waals surface area contributed by atoms with Gasteiger partial charge in [0.25, 0.3) is 10.2 Å². The second-order valence-electron chi connectivity index (χ2n) is 6.40.